The van der Waals surface area contributed by atoms with Gasteiger partial charge in [0.25, 0.3) is 0 Å². The standard InChI is InChI=1S/C15H22N2O2/c1-11-12(2)14(19-3)5-4-13(11)10-15(18)17-8-6-16-7-9-17/h4-5,16H,6-10H2,1-3H3. The summed E-state index contributed by atoms with van der Waals surface area (Å²) in [5, 5.41) is 3.26. The van der Waals surface area contributed by atoms with Crippen LogP contribution in [0.25, 0.3) is 0 Å². The first-order valence-corrected chi connectivity index (χ1v) is 6.75. The summed E-state index contributed by atoms with van der Waals surface area (Å²) >= 11 is 0. The summed E-state index contributed by atoms with van der Waals surface area (Å²) in [7, 11) is 1.67. The third-order valence-electron chi connectivity index (χ3n) is 3.88. The lowest BCUT2D eigenvalue weighted by molar-refractivity contribution is -0.131. The third kappa shape index (κ3) is 3.07. The van der Waals surface area contributed by atoms with Crippen LogP contribution < -0.4 is 10.1 Å². The lowest BCUT2D eigenvalue weighted by atomic mass is 9.99. The Bertz CT molecular complexity index is 465. The van der Waals surface area contributed by atoms with Crippen LogP contribution in [-0.2, 0) is 11.2 Å². The topological polar surface area (TPSA) is 41.6 Å². The first-order valence-electron chi connectivity index (χ1n) is 6.75. The van der Waals surface area contributed by atoms with Crippen molar-refractivity contribution in [3.8, 4) is 5.75 Å². The molecule has 1 heterocycles. The van der Waals surface area contributed by atoms with Crippen LogP contribution in [0.1, 0.15) is 16.7 Å². The van der Waals surface area contributed by atoms with Gasteiger partial charge in [-0.25, -0.2) is 0 Å². The molecule has 1 aliphatic rings. The van der Waals surface area contributed by atoms with E-state index >= 15 is 0 Å². The number of ether oxygens (including phenoxy) is 1. The second kappa shape index (κ2) is 6.06. The summed E-state index contributed by atoms with van der Waals surface area (Å²) in [5.41, 5.74) is 3.37. The van der Waals surface area contributed by atoms with Gasteiger partial charge in [-0.15, -0.1) is 0 Å². The summed E-state index contributed by atoms with van der Waals surface area (Å²) in [4.78, 5) is 14.2. The first kappa shape index (κ1) is 13.9. The van der Waals surface area contributed by atoms with Gasteiger partial charge in [0.2, 0.25) is 5.91 Å². The van der Waals surface area contributed by atoms with Crippen molar-refractivity contribution in [2.75, 3.05) is 33.3 Å². The van der Waals surface area contributed by atoms with E-state index in [4.69, 9.17) is 4.74 Å². The zero-order valence-electron chi connectivity index (χ0n) is 12.0. The van der Waals surface area contributed by atoms with E-state index in [-0.39, 0.29) is 5.91 Å². The second-order valence-corrected chi connectivity index (χ2v) is 4.98. The number of methoxy groups -OCH3 is 1. The average Bonchev–Trinajstić information content (AvgIpc) is 2.45. The molecule has 1 aromatic rings. The van der Waals surface area contributed by atoms with Crippen LogP contribution in [-0.4, -0.2) is 44.1 Å². The van der Waals surface area contributed by atoms with Gasteiger partial charge in [0, 0.05) is 26.2 Å². The van der Waals surface area contributed by atoms with Crippen molar-refractivity contribution in [2.24, 2.45) is 0 Å². The molecular weight excluding hydrogens is 240 g/mol. The lowest BCUT2D eigenvalue weighted by Gasteiger charge is -2.27. The van der Waals surface area contributed by atoms with Crippen molar-refractivity contribution < 1.29 is 9.53 Å². The Kier molecular flexibility index (Phi) is 4.43. The minimum absolute atomic E-state index is 0.217. The van der Waals surface area contributed by atoms with Gasteiger partial charge >= 0.3 is 0 Å². The average molecular weight is 262 g/mol. The van der Waals surface area contributed by atoms with E-state index in [0.717, 1.165) is 48.6 Å². The highest BCUT2D eigenvalue weighted by molar-refractivity contribution is 5.79. The maximum Gasteiger partial charge on any atom is 0.227 e. The largest absolute Gasteiger partial charge is 0.496 e. The summed E-state index contributed by atoms with van der Waals surface area (Å²) in [6, 6.07) is 3.95. The van der Waals surface area contributed by atoms with Crippen molar-refractivity contribution in [1.82, 2.24) is 10.2 Å². The number of nitrogens with one attached hydrogen (secondary N) is 1. The highest BCUT2D eigenvalue weighted by Gasteiger charge is 2.18. The van der Waals surface area contributed by atoms with Crippen molar-refractivity contribution in [3.05, 3.63) is 28.8 Å². The fourth-order valence-corrected chi connectivity index (χ4v) is 2.45. The van der Waals surface area contributed by atoms with Gasteiger partial charge in [-0.2, -0.15) is 0 Å². The molecule has 0 unspecified atom stereocenters. The van der Waals surface area contributed by atoms with Crippen LogP contribution in [0.4, 0.5) is 0 Å². The lowest BCUT2D eigenvalue weighted by Crippen LogP contribution is -2.47. The zero-order chi connectivity index (χ0) is 13.8. The molecule has 1 N–H and O–H groups in total. The Balaban J connectivity index is 2.10. The molecule has 1 amide bonds. The molecule has 1 aromatic carbocycles. The molecule has 1 aliphatic heterocycles. The van der Waals surface area contributed by atoms with Crippen molar-refractivity contribution in [1.29, 1.82) is 0 Å². The molecule has 0 spiro atoms. The zero-order valence-corrected chi connectivity index (χ0v) is 12.0. The van der Waals surface area contributed by atoms with Crippen molar-refractivity contribution in [3.63, 3.8) is 0 Å². The number of carbonyl (C=O) groups is 1. The quantitative estimate of drug-likeness (QED) is 0.892. The molecule has 0 radical (unpaired) electrons. The van der Waals surface area contributed by atoms with Crippen LogP contribution in [0, 0.1) is 13.8 Å². The van der Waals surface area contributed by atoms with Gasteiger partial charge in [0.15, 0.2) is 0 Å². The summed E-state index contributed by atoms with van der Waals surface area (Å²) in [6.45, 7) is 7.50. The van der Waals surface area contributed by atoms with Gasteiger partial charge in [-0.05, 0) is 36.6 Å². The normalized spacial score (nSPS) is 15.4. The minimum atomic E-state index is 0.217. The monoisotopic (exact) mass is 262 g/mol. The van der Waals surface area contributed by atoms with Gasteiger partial charge in [-0.1, -0.05) is 6.07 Å². The van der Waals surface area contributed by atoms with E-state index in [2.05, 4.69) is 12.2 Å². The van der Waals surface area contributed by atoms with E-state index in [0.29, 0.717) is 6.42 Å². The summed E-state index contributed by atoms with van der Waals surface area (Å²) in [5.74, 6) is 1.10. The van der Waals surface area contributed by atoms with Crippen LogP contribution >= 0.6 is 0 Å². The highest BCUT2D eigenvalue weighted by Crippen LogP contribution is 2.24. The number of nitrogens with zero attached hydrogens (tertiary/aromatic N) is 1. The number of amides is 1. The second-order valence-electron chi connectivity index (χ2n) is 4.98. The van der Waals surface area contributed by atoms with E-state index < -0.39 is 0 Å². The predicted molar refractivity (Wildman–Crippen MR) is 75.6 cm³/mol. The Morgan fingerprint density at radius 1 is 1.26 bits per heavy atom. The smallest absolute Gasteiger partial charge is 0.227 e. The molecule has 4 nitrogen and oxygen atoms in total. The van der Waals surface area contributed by atoms with Crippen LogP contribution in [0.5, 0.6) is 5.75 Å². The molecule has 1 fully saturated rings. The molecule has 19 heavy (non-hydrogen) atoms. The summed E-state index contributed by atoms with van der Waals surface area (Å²) in [6.07, 6.45) is 0.483. The Labute approximate surface area is 114 Å². The molecular formula is C15H22N2O2. The molecule has 0 aromatic heterocycles. The maximum absolute atomic E-state index is 12.3. The van der Waals surface area contributed by atoms with Crippen LogP contribution in [0.15, 0.2) is 12.1 Å². The van der Waals surface area contributed by atoms with Gasteiger partial charge < -0.3 is 15.0 Å². The molecule has 0 atom stereocenters. The Morgan fingerprint density at radius 2 is 1.95 bits per heavy atom. The van der Waals surface area contributed by atoms with Gasteiger partial charge in [0.1, 0.15) is 5.75 Å². The highest BCUT2D eigenvalue weighted by atomic mass is 16.5. The van der Waals surface area contributed by atoms with Crippen LogP contribution in [0.2, 0.25) is 0 Å². The number of hydrogen-bond donors (Lipinski definition) is 1. The molecule has 104 valence electrons. The number of benzene rings is 1. The fraction of sp³-hybridized carbons (Fsp3) is 0.533. The molecule has 2 rings (SSSR count). The molecule has 0 bridgehead atoms. The summed E-state index contributed by atoms with van der Waals surface area (Å²) < 4.78 is 5.30. The minimum Gasteiger partial charge on any atom is -0.496 e. The van der Waals surface area contributed by atoms with Crippen LogP contribution in [0.3, 0.4) is 0 Å². The van der Waals surface area contributed by atoms with Crippen molar-refractivity contribution in [2.45, 2.75) is 20.3 Å². The SMILES string of the molecule is COc1ccc(CC(=O)N2CCNCC2)c(C)c1C. The molecule has 0 saturated carbocycles. The molecule has 0 aliphatic carbocycles. The molecule has 1 saturated heterocycles. The van der Waals surface area contributed by atoms with E-state index in [1.807, 2.05) is 24.0 Å². The van der Waals surface area contributed by atoms with Gasteiger partial charge in [-0.3, -0.25) is 4.79 Å². The molecule has 4 heteroatoms. The number of rotatable bonds is 3. The fourth-order valence-electron chi connectivity index (χ4n) is 2.45. The number of piperazine rings is 1. The van der Waals surface area contributed by atoms with Gasteiger partial charge in [0.05, 0.1) is 13.5 Å². The van der Waals surface area contributed by atoms with Crippen molar-refractivity contribution >= 4 is 5.91 Å². The first-order chi connectivity index (χ1) is 9.13. The third-order valence-corrected chi connectivity index (χ3v) is 3.88. The van der Waals surface area contributed by atoms with E-state index in [1.54, 1.807) is 7.11 Å². The Hall–Kier alpha value is -1.55. The predicted octanol–water partition coefficient (Wildman–Crippen LogP) is 1.29. The maximum atomic E-state index is 12.3. The Morgan fingerprint density at radius 3 is 2.58 bits per heavy atom. The number of hydrogen-bond acceptors (Lipinski definition) is 3. The van der Waals surface area contributed by atoms with E-state index in [1.165, 1.54) is 0 Å². The van der Waals surface area contributed by atoms with E-state index in [9.17, 15) is 4.79 Å². The number of carbonyl (C=O) groups excluding carboxylic acids is 1.